The summed E-state index contributed by atoms with van der Waals surface area (Å²) in [5.41, 5.74) is 3.11. The van der Waals surface area contributed by atoms with E-state index in [1.807, 2.05) is 56.3 Å². The number of amides is 1. The van der Waals surface area contributed by atoms with Gasteiger partial charge in [0.1, 0.15) is 11.5 Å². The van der Waals surface area contributed by atoms with Crippen molar-refractivity contribution in [1.82, 2.24) is 9.88 Å². The summed E-state index contributed by atoms with van der Waals surface area (Å²) in [7, 11) is 0. The molecule has 3 aromatic rings. The van der Waals surface area contributed by atoms with Crippen LogP contribution in [0, 0.1) is 6.92 Å². The summed E-state index contributed by atoms with van der Waals surface area (Å²) in [6, 6.07) is 17.4. The molecule has 1 amide bonds. The summed E-state index contributed by atoms with van der Waals surface area (Å²) < 4.78 is 5.68. The maximum atomic E-state index is 13.1. The van der Waals surface area contributed by atoms with E-state index in [2.05, 4.69) is 4.98 Å². The van der Waals surface area contributed by atoms with Gasteiger partial charge in [0.15, 0.2) is 0 Å². The Morgan fingerprint density at radius 2 is 1.79 bits per heavy atom. The van der Waals surface area contributed by atoms with Gasteiger partial charge in [0.25, 0.3) is 11.7 Å². The van der Waals surface area contributed by atoms with Crippen LogP contribution in [0.2, 0.25) is 0 Å². The summed E-state index contributed by atoms with van der Waals surface area (Å²) in [6.45, 7) is 4.78. The molecule has 2 aromatic carbocycles. The lowest BCUT2D eigenvalue weighted by atomic mass is 9.95. The molecule has 1 atom stereocenters. The van der Waals surface area contributed by atoms with E-state index in [0.717, 1.165) is 23.1 Å². The van der Waals surface area contributed by atoms with Crippen LogP contribution in [0.5, 0.6) is 5.75 Å². The Morgan fingerprint density at radius 3 is 2.42 bits per heavy atom. The number of ketones is 1. The topological polar surface area (TPSA) is 79.7 Å². The Kier molecular flexibility index (Phi) is 6.54. The molecule has 0 radical (unpaired) electrons. The van der Waals surface area contributed by atoms with Gasteiger partial charge in [-0.25, -0.2) is 0 Å². The van der Waals surface area contributed by atoms with Crippen molar-refractivity contribution in [2.24, 2.45) is 0 Å². The number of pyridine rings is 1. The number of nitrogens with zero attached hydrogens (tertiary/aromatic N) is 2. The number of aryl methyl sites for hydroxylation is 1. The number of carbonyl (C=O) groups is 2. The highest BCUT2D eigenvalue weighted by Gasteiger charge is 2.46. The minimum Gasteiger partial charge on any atom is -0.507 e. The zero-order valence-corrected chi connectivity index (χ0v) is 18.7. The maximum Gasteiger partial charge on any atom is 0.295 e. The number of benzene rings is 2. The molecule has 1 saturated heterocycles. The van der Waals surface area contributed by atoms with Gasteiger partial charge in [0.2, 0.25) is 0 Å². The quantitative estimate of drug-likeness (QED) is 0.323. The number of ether oxygens (including phenoxy) is 1. The number of rotatable bonds is 7. The number of aromatic nitrogens is 1. The molecule has 1 aliphatic rings. The zero-order valence-electron chi connectivity index (χ0n) is 18.7. The van der Waals surface area contributed by atoms with Crippen LogP contribution >= 0.6 is 0 Å². The minimum absolute atomic E-state index is 0.0787. The first-order chi connectivity index (χ1) is 16.0. The SMILES string of the molecule is CCCOc1ccc([C@H]2C(=C(O)c3ccc(C)cc3)C(=O)C(=O)N2Cc2cccnc2)cc1. The van der Waals surface area contributed by atoms with E-state index >= 15 is 0 Å². The zero-order chi connectivity index (χ0) is 23.4. The number of aliphatic hydroxyl groups is 1. The molecule has 168 valence electrons. The first-order valence-electron chi connectivity index (χ1n) is 11.0. The number of carbonyl (C=O) groups excluding carboxylic acids is 2. The third kappa shape index (κ3) is 4.65. The largest absolute Gasteiger partial charge is 0.507 e. The second-order valence-corrected chi connectivity index (χ2v) is 8.07. The Bertz CT molecular complexity index is 1170. The first-order valence-corrected chi connectivity index (χ1v) is 11.0. The molecule has 6 heteroatoms. The van der Waals surface area contributed by atoms with Crippen molar-refractivity contribution in [3.8, 4) is 5.75 Å². The van der Waals surface area contributed by atoms with Crippen molar-refractivity contribution < 1.29 is 19.4 Å². The van der Waals surface area contributed by atoms with Crippen LogP contribution in [0.1, 0.15) is 41.6 Å². The maximum absolute atomic E-state index is 13.1. The Morgan fingerprint density at radius 1 is 1.06 bits per heavy atom. The van der Waals surface area contributed by atoms with Crippen molar-refractivity contribution in [3.05, 3.63) is 101 Å². The molecule has 1 N–H and O–H groups in total. The molecule has 0 unspecified atom stereocenters. The van der Waals surface area contributed by atoms with Crippen LogP contribution in [0.25, 0.3) is 5.76 Å². The second kappa shape index (κ2) is 9.69. The van der Waals surface area contributed by atoms with E-state index in [-0.39, 0.29) is 17.9 Å². The number of likely N-dealkylation sites (tertiary alicyclic amines) is 1. The third-order valence-electron chi connectivity index (χ3n) is 5.61. The van der Waals surface area contributed by atoms with Crippen molar-refractivity contribution in [2.75, 3.05) is 6.61 Å². The molecule has 1 fully saturated rings. The first kappa shape index (κ1) is 22.3. The number of hydrogen-bond donors (Lipinski definition) is 1. The third-order valence-corrected chi connectivity index (χ3v) is 5.61. The van der Waals surface area contributed by atoms with E-state index in [1.165, 1.54) is 4.90 Å². The fourth-order valence-electron chi connectivity index (χ4n) is 3.91. The van der Waals surface area contributed by atoms with Gasteiger partial charge in [-0.05, 0) is 42.7 Å². The molecule has 4 rings (SSSR count). The molecule has 2 heterocycles. The lowest BCUT2D eigenvalue weighted by Crippen LogP contribution is -2.29. The van der Waals surface area contributed by atoms with Gasteiger partial charge < -0.3 is 14.7 Å². The summed E-state index contributed by atoms with van der Waals surface area (Å²) in [5, 5.41) is 11.1. The standard InChI is InChI=1S/C27H26N2O4/c1-3-15-33-22-12-10-20(11-13-22)24-23(25(30)21-8-6-18(2)7-9-21)26(31)27(32)29(24)17-19-5-4-14-28-16-19/h4-14,16,24,30H,3,15,17H2,1-2H3/t24-/m0/s1. The van der Waals surface area contributed by atoms with Gasteiger partial charge >= 0.3 is 0 Å². The molecule has 33 heavy (non-hydrogen) atoms. The van der Waals surface area contributed by atoms with E-state index in [4.69, 9.17) is 4.74 Å². The molecule has 0 spiro atoms. The van der Waals surface area contributed by atoms with Gasteiger partial charge in [-0.1, -0.05) is 55.0 Å². The normalized spacial score (nSPS) is 17.4. The fraction of sp³-hybridized carbons (Fsp3) is 0.222. The molecule has 6 nitrogen and oxygen atoms in total. The highest BCUT2D eigenvalue weighted by atomic mass is 16.5. The minimum atomic E-state index is -0.730. The van der Waals surface area contributed by atoms with Crippen LogP contribution < -0.4 is 4.74 Å². The van der Waals surface area contributed by atoms with Crippen molar-refractivity contribution in [3.63, 3.8) is 0 Å². The van der Waals surface area contributed by atoms with E-state index in [0.29, 0.717) is 17.9 Å². The Balaban J connectivity index is 1.80. The Labute approximate surface area is 193 Å². The highest BCUT2D eigenvalue weighted by molar-refractivity contribution is 6.46. The van der Waals surface area contributed by atoms with Crippen LogP contribution in [-0.2, 0) is 16.1 Å². The molecule has 0 saturated carbocycles. The summed E-state index contributed by atoms with van der Waals surface area (Å²) in [4.78, 5) is 31.8. The predicted molar refractivity (Wildman–Crippen MR) is 125 cm³/mol. The van der Waals surface area contributed by atoms with Crippen molar-refractivity contribution in [1.29, 1.82) is 0 Å². The molecular formula is C27H26N2O4. The highest BCUT2D eigenvalue weighted by Crippen LogP contribution is 2.40. The van der Waals surface area contributed by atoms with Crippen molar-refractivity contribution in [2.45, 2.75) is 32.9 Å². The molecular weight excluding hydrogens is 416 g/mol. The van der Waals surface area contributed by atoms with Gasteiger partial charge in [0, 0.05) is 24.5 Å². The van der Waals surface area contributed by atoms with Gasteiger partial charge in [-0.3, -0.25) is 14.6 Å². The molecule has 1 aromatic heterocycles. The predicted octanol–water partition coefficient (Wildman–Crippen LogP) is 4.80. The lowest BCUT2D eigenvalue weighted by Gasteiger charge is -2.25. The lowest BCUT2D eigenvalue weighted by molar-refractivity contribution is -0.140. The summed E-state index contributed by atoms with van der Waals surface area (Å²) in [5.74, 6) is -0.821. The number of aliphatic hydroxyl groups excluding tert-OH is 1. The van der Waals surface area contributed by atoms with Gasteiger partial charge in [0.05, 0.1) is 18.2 Å². The van der Waals surface area contributed by atoms with Crippen LogP contribution in [-0.4, -0.2) is 33.3 Å². The van der Waals surface area contributed by atoms with Gasteiger partial charge in [-0.2, -0.15) is 0 Å². The average molecular weight is 443 g/mol. The smallest absolute Gasteiger partial charge is 0.295 e. The second-order valence-electron chi connectivity index (χ2n) is 8.07. The Hall–Kier alpha value is -3.93. The molecule has 0 aliphatic carbocycles. The fourth-order valence-corrected chi connectivity index (χ4v) is 3.91. The van der Waals surface area contributed by atoms with Crippen LogP contribution in [0.3, 0.4) is 0 Å². The monoisotopic (exact) mass is 442 g/mol. The van der Waals surface area contributed by atoms with Crippen molar-refractivity contribution >= 4 is 17.4 Å². The number of Topliss-reactive ketones (excluding diaryl/α,β-unsaturated/α-hetero) is 1. The number of hydrogen-bond acceptors (Lipinski definition) is 5. The van der Waals surface area contributed by atoms with Gasteiger partial charge in [-0.15, -0.1) is 0 Å². The summed E-state index contributed by atoms with van der Waals surface area (Å²) in [6.07, 6.45) is 4.21. The molecule has 0 bridgehead atoms. The van der Waals surface area contributed by atoms with E-state index < -0.39 is 17.7 Å². The average Bonchev–Trinajstić information content (AvgIpc) is 3.08. The van der Waals surface area contributed by atoms with Crippen LogP contribution in [0.15, 0.2) is 78.6 Å². The van der Waals surface area contributed by atoms with E-state index in [9.17, 15) is 14.7 Å². The summed E-state index contributed by atoms with van der Waals surface area (Å²) >= 11 is 0. The molecule has 1 aliphatic heterocycles. The van der Waals surface area contributed by atoms with Crippen LogP contribution in [0.4, 0.5) is 0 Å². The van der Waals surface area contributed by atoms with E-state index in [1.54, 1.807) is 30.6 Å².